The van der Waals surface area contributed by atoms with Crippen LogP contribution in [0.15, 0.2) is 54.7 Å². The molecule has 0 radical (unpaired) electrons. The first-order chi connectivity index (χ1) is 15.3. The molecule has 7 nitrogen and oxygen atoms in total. The average Bonchev–Trinajstić information content (AvgIpc) is 2.77. The number of nitrogens with one attached hydrogen (secondary N) is 1. The average molecular weight is 436 g/mol. The molecule has 1 unspecified atom stereocenters. The number of nitrogens with zero attached hydrogens (tertiary/aromatic N) is 1. The largest absolute Gasteiger partial charge is 0.491 e. The van der Waals surface area contributed by atoms with Crippen LogP contribution in [-0.4, -0.2) is 40.4 Å². The second kappa shape index (κ2) is 10.3. The topological polar surface area (TPSA) is 118 Å². The van der Waals surface area contributed by atoms with Gasteiger partial charge in [0.25, 0.3) is 5.91 Å². The number of hydrogen-bond donors (Lipinski definition) is 4. The Morgan fingerprint density at radius 3 is 2.59 bits per heavy atom. The van der Waals surface area contributed by atoms with Crippen molar-refractivity contribution in [2.75, 3.05) is 18.9 Å². The van der Waals surface area contributed by atoms with Crippen molar-refractivity contribution in [3.8, 4) is 16.9 Å². The van der Waals surface area contributed by atoms with Crippen LogP contribution < -0.4 is 15.8 Å². The third-order valence-corrected chi connectivity index (χ3v) is 5.12. The quantitative estimate of drug-likeness (QED) is 0.404. The van der Waals surface area contributed by atoms with Crippen LogP contribution in [0.4, 0.5) is 5.69 Å². The van der Waals surface area contributed by atoms with Gasteiger partial charge in [-0.3, -0.25) is 9.78 Å². The Balaban J connectivity index is 1.92. The molecule has 0 saturated carbocycles. The summed E-state index contributed by atoms with van der Waals surface area (Å²) in [6, 6.07) is 14.4. The number of amides is 1. The van der Waals surface area contributed by atoms with E-state index < -0.39 is 12.7 Å². The van der Waals surface area contributed by atoms with Gasteiger partial charge in [0.05, 0.1) is 12.6 Å². The van der Waals surface area contributed by atoms with Gasteiger partial charge in [-0.1, -0.05) is 18.2 Å². The molecule has 1 aromatic heterocycles. The number of ether oxygens (including phenoxy) is 1. The standard InChI is InChI=1S/C25H29N3O4/c1-15-4-7-23(24(26)8-15)19-9-20(11-22(10-19)32-14-21(30)13-29)25(31)28-17(3)18-6-5-16(2)27-12-18/h4-12,17,21,29-30H,13-14,26H2,1-3H3,(H,28,31)/t17-,21?/m1/s1. The second-order valence-corrected chi connectivity index (χ2v) is 7.91. The first kappa shape index (κ1) is 23.2. The van der Waals surface area contributed by atoms with E-state index in [2.05, 4.69) is 10.3 Å². The normalized spacial score (nSPS) is 12.8. The van der Waals surface area contributed by atoms with Gasteiger partial charge in [0.1, 0.15) is 18.5 Å². The molecular weight excluding hydrogens is 406 g/mol. The van der Waals surface area contributed by atoms with Gasteiger partial charge in [0.15, 0.2) is 0 Å². The summed E-state index contributed by atoms with van der Waals surface area (Å²) in [6.45, 7) is 5.23. The van der Waals surface area contributed by atoms with E-state index in [1.807, 2.05) is 51.1 Å². The number of benzene rings is 2. The number of aromatic nitrogens is 1. The molecule has 0 spiro atoms. The minimum Gasteiger partial charge on any atom is -0.491 e. The highest BCUT2D eigenvalue weighted by molar-refractivity contribution is 5.96. The molecule has 0 fully saturated rings. The maximum Gasteiger partial charge on any atom is 0.251 e. The van der Waals surface area contributed by atoms with Crippen LogP contribution in [0.1, 0.15) is 40.1 Å². The summed E-state index contributed by atoms with van der Waals surface area (Å²) in [5.41, 5.74) is 11.5. The summed E-state index contributed by atoms with van der Waals surface area (Å²) < 4.78 is 5.64. The highest BCUT2D eigenvalue weighted by atomic mass is 16.5. The molecule has 2 atom stereocenters. The Labute approximate surface area is 187 Å². The Kier molecular flexibility index (Phi) is 7.45. The number of pyridine rings is 1. The highest BCUT2D eigenvalue weighted by Crippen LogP contribution is 2.31. The highest BCUT2D eigenvalue weighted by Gasteiger charge is 2.16. The smallest absolute Gasteiger partial charge is 0.251 e. The lowest BCUT2D eigenvalue weighted by Gasteiger charge is -2.17. The van der Waals surface area contributed by atoms with Crippen LogP contribution in [-0.2, 0) is 0 Å². The molecule has 1 amide bonds. The van der Waals surface area contributed by atoms with Gasteiger partial charge >= 0.3 is 0 Å². The molecule has 0 aliphatic heterocycles. The molecule has 0 aliphatic carbocycles. The number of nitrogen functional groups attached to an aromatic ring is 1. The molecule has 0 aliphatic rings. The molecule has 0 saturated heterocycles. The number of carbonyl (C=O) groups is 1. The predicted molar refractivity (Wildman–Crippen MR) is 124 cm³/mol. The minimum atomic E-state index is -1.02. The van der Waals surface area contributed by atoms with E-state index in [0.717, 1.165) is 22.4 Å². The number of carbonyl (C=O) groups excluding carboxylic acids is 1. The number of rotatable bonds is 8. The van der Waals surface area contributed by atoms with E-state index in [9.17, 15) is 9.90 Å². The molecule has 5 N–H and O–H groups in total. The Morgan fingerprint density at radius 1 is 1.16 bits per heavy atom. The Hall–Kier alpha value is -3.42. The number of anilines is 1. The summed E-state index contributed by atoms with van der Waals surface area (Å²) in [6.07, 6.45) is 0.726. The maximum atomic E-state index is 13.1. The molecule has 2 aromatic carbocycles. The van der Waals surface area contributed by atoms with Crippen molar-refractivity contribution in [3.05, 3.63) is 77.1 Å². The monoisotopic (exact) mass is 435 g/mol. The van der Waals surface area contributed by atoms with Crippen molar-refractivity contribution < 1.29 is 19.7 Å². The van der Waals surface area contributed by atoms with Crippen molar-refractivity contribution in [3.63, 3.8) is 0 Å². The van der Waals surface area contributed by atoms with Crippen molar-refractivity contribution in [2.24, 2.45) is 0 Å². The van der Waals surface area contributed by atoms with E-state index in [1.165, 1.54) is 0 Å². The van der Waals surface area contributed by atoms with Crippen LogP contribution in [0.2, 0.25) is 0 Å². The first-order valence-electron chi connectivity index (χ1n) is 10.4. The van der Waals surface area contributed by atoms with E-state index in [4.69, 9.17) is 15.6 Å². The van der Waals surface area contributed by atoms with E-state index >= 15 is 0 Å². The number of aliphatic hydroxyl groups excluding tert-OH is 2. The van der Waals surface area contributed by atoms with Gasteiger partial charge in [-0.05, 0) is 67.8 Å². The summed E-state index contributed by atoms with van der Waals surface area (Å²) >= 11 is 0. The number of aliphatic hydroxyl groups is 2. The van der Waals surface area contributed by atoms with Gasteiger partial charge in [-0.2, -0.15) is 0 Å². The SMILES string of the molecule is Cc1ccc(-c2cc(OCC(O)CO)cc(C(=O)N[C@H](C)c3ccc(C)nc3)c2)c(N)c1. The van der Waals surface area contributed by atoms with Crippen molar-refractivity contribution >= 4 is 11.6 Å². The fraction of sp³-hybridized carbons (Fsp3) is 0.280. The fourth-order valence-corrected chi connectivity index (χ4v) is 3.26. The number of aryl methyl sites for hydroxylation is 2. The summed E-state index contributed by atoms with van der Waals surface area (Å²) in [7, 11) is 0. The van der Waals surface area contributed by atoms with Gasteiger partial charge in [-0.25, -0.2) is 0 Å². The lowest BCUT2D eigenvalue weighted by molar-refractivity contribution is 0.0536. The van der Waals surface area contributed by atoms with E-state index in [-0.39, 0.29) is 18.6 Å². The van der Waals surface area contributed by atoms with Crippen molar-refractivity contribution in [2.45, 2.75) is 32.9 Å². The van der Waals surface area contributed by atoms with Crippen molar-refractivity contribution in [1.29, 1.82) is 0 Å². The third kappa shape index (κ3) is 5.84. The minimum absolute atomic E-state index is 0.101. The van der Waals surface area contributed by atoms with E-state index in [1.54, 1.807) is 24.4 Å². The molecule has 1 heterocycles. The van der Waals surface area contributed by atoms with Gasteiger partial charge in [0.2, 0.25) is 0 Å². The number of nitrogens with two attached hydrogens (primary N) is 1. The summed E-state index contributed by atoms with van der Waals surface area (Å²) in [4.78, 5) is 17.3. The molecule has 32 heavy (non-hydrogen) atoms. The molecular formula is C25H29N3O4. The zero-order valence-electron chi connectivity index (χ0n) is 18.5. The Morgan fingerprint density at radius 2 is 1.94 bits per heavy atom. The summed E-state index contributed by atoms with van der Waals surface area (Å²) in [5.74, 6) is 0.114. The second-order valence-electron chi connectivity index (χ2n) is 7.91. The zero-order chi connectivity index (χ0) is 23.3. The Bertz CT molecular complexity index is 1080. The van der Waals surface area contributed by atoms with Crippen LogP contribution in [0.3, 0.4) is 0 Å². The lowest BCUT2D eigenvalue weighted by atomic mass is 9.99. The van der Waals surface area contributed by atoms with Gasteiger partial charge in [-0.15, -0.1) is 0 Å². The lowest BCUT2D eigenvalue weighted by Crippen LogP contribution is -2.27. The van der Waals surface area contributed by atoms with E-state index in [0.29, 0.717) is 22.6 Å². The third-order valence-electron chi connectivity index (χ3n) is 5.12. The predicted octanol–water partition coefficient (Wildman–Crippen LogP) is 3.17. The zero-order valence-corrected chi connectivity index (χ0v) is 18.5. The number of hydrogen-bond acceptors (Lipinski definition) is 6. The molecule has 0 bridgehead atoms. The van der Waals surface area contributed by atoms with Crippen LogP contribution in [0.5, 0.6) is 5.75 Å². The fourth-order valence-electron chi connectivity index (χ4n) is 3.26. The van der Waals surface area contributed by atoms with Crippen LogP contribution >= 0.6 is 0 Å². The molecule has 7 heteroatoms. The van der Waals surface area contributed by atoms with Crippen LogP contribution in [0.25, 0.3) is 11.1 Å². The van der Waals surface area contributed by atoms with Crippen molar-refractivity contribution in [1.82, 2.24) is 10.3 Å². The molecule has 168 valence electrons. The molecule has 3 aromatic rings. The van der Waals surface area contributed by atoms with Crippen LogP contribution in [0, 0.1) is 13.8 Å². The van der Waals surface area contributed by atoms with Gasteiger partial charge in [0, 0.05) is 28.7 Å². The first-order valence-corrected chi connectivity index (χ1v) is 10.4. The maximum absolute atomic E-state index is 13.1. The molecule has 3 rings (SSSR count). The summed E-state index contributed by atoms with van der Waals surface area (Å²) in [5, 5.41) is 21.7. The van der Waals surface area contributed by atoms with Gasteiger partial charge < -0.3 is 26.0 Å².